The number of rotatable bonds is 7. The lowest BCUT2D eigenvalue weighted by atomic mass is 10.0. The summed E-state index contributed by atoms with van der Waals surface area (Å²) in [5.74, 6) is 0. The number of carbonyl (C=O) groups excluding carboxylic acids is 1. The maximum Gasteiger partial charge on any atom is 0.120 e. The van der Waals surface area contributed by atoms with Gasteiger partial charge in [0, 0.05) is 20.6 Å². The van der Waals surface area contributed by atoms with E-state index in [1.165, 1.54) is 0 Å². The van der Waals surface area contributed by atoms with Crippen LogP contribution >= 0.6 is 0 Å². The van der Waals surface area contributed by atoms with Gasteiger partial charge in [0.05, 0.1) is 6.61 Å². The zero-order valence-electron chi connectivity index (χ0n) is 9.81. The molecule has 1 aromatic carbocycles. The molecule has 0 saturated heterocycles. The lowest BCUT2D eigenvalue weighted by Crippen LogP contribution is -2.08. The SMILES string of the molecule is COCC(OC)c1cccc(CCC=O)c1. The third-order valence-electron chi connectivity index (χ3n) is 2.48. The van der Waals surface area contributed by atoms with E-state index in [9.17, 15) is 4.79 Å². The summed E-state index contributed by atoms with van der Waals surface area (Å²) in [5, 5.41) is 0. The van der Waals surface area contributed by atoms with E-state index in [-0.39, 0.29) is 6.10 Å². The van der Waals surface area contributed by atoms with E-state index in [1.54, 1.807) is 14.2 Å². The fourth-order valence-electron chi connectivity index (χ4n) is 1.63. The number of methoxy groups -OCH3 is 2. The maximum absolute atomic E-state index is 10.3. The summed E-state index contributed by atoms with van der Waals surface area (Å²) in [4.78, 5) is 10.3. The largest absolute Gasteiger partial charge is 0.382 e. The Morgan fingerprint density at radius 2 is 2.19 bits per heavy atom. The van der Waals surface area contributed by atoms with Gasteiger partial charge in [-0.2, -0.15) is 0 Å². The van der Waals surface area contributed by atoms with E-state index >= 15 is 0 Å². The van der Waals surface area contributed by atoms with Crippen molar-refractivity contribution in [1.82, 2.24) is 0 Å². The smallest absolute Gasteiger partial charge is 0.120 e. The van der Waals surface area contributed by atoms with Gasteiger partial charge >= 0.3 is 0 Å². The van der Waals surface area contributed by atoms with E-state index in [1.807, 2.05) is 18.2 Å². The molecule has 0 fully saturated rings. The highest BCUT2D eigenvalue weighted by atomic mass is 16.5. The number of benzene rings is 1. The zero-order valence-corrected chi connectivity index (χ0v) is 9.81. The molecular weight excluding hydrogens is 204 g/mol. The van der Waals surface area contributed by atoms with E-state index in [0.717, 1.165) is 23.8 Å². The second-order valence-corrected chi connectivity index (χ2v) is 3.63. The Morgan fingerprint density at radius 3 is 2.81 bits per heavy atom. The fraction of sp³-hybridized carbons (Fsp3) is 0.462. The number of hydrogen-bond donors (Lipinski definition) is 0. The normalized spacial score (nSPS) is 12.4. The van der Waals surface area contributed by atoms with Crippen molar-refractivity contribution >= 4 is 6.29 Å². The molecule has 1 rings (SSSR count). The maximum atomic E-state index is 10.3. The van der Waals surface area contributed by atoms with Crippen LogP contribution in [0.15, 0.2) is 24.3 Å². The molecule has 1 aromatic rings. The molecule has 3 heteroatoms. The summed E-state index contributed by atoms with van der Waals surface area (Å²) in [7, 11) is 3.32. The predicted octanol–water partition coefficient (Wildman–Crippen LogP) is 2.15. The minimum atomic E-state index is -0.0406. The van der Waals surface area contributed by atoms with E-state index in [0.29, 0.717) is 13.0 Å². The van der Waals surface area contributed by atoms with Gasteiger partial charge in [0.2, 0.25) is 0 Å². The van der Waals surface area contributed by atoms with Crippen LogP contribution in [0.1, 0.15) is 23.7 Å². The summed E-state index contributed by atoms with van der Waals surface area (Å²) >= 11 is 0. The molecule has 0 aromatic heterocycles. The van der Waals surface area contributed by atoms with Crippen LogP contribution in [0, 0.1) is 0 Å². The van der Waals surface area contributed by atoms with Crippen molar-refractivity contribution in [2.24, 2.45) is 0 Å². The van der Waals surface area contributed by atoms with Crippen LogP contribution in [0.5, 0.6) is 0 Å². The standard InChI is InChI=1S/C13H18O3/c1-15-10-13(16-2)12-7-3-5-11(9-12)6-4-8-14/h3,5,7-9,13H,4,6,10H2,1-2H3. The first kappa shape index (κ1) is 12.9. The van der Waals surface area contributed by atoms with E-state index < -0.39 is 0 Å². The molecule has 0 spiro atoms. The summed E-state index contributed by atoms with van der Waals surface area (Å²) < 4.78 is 10.4. The summed E-state index contributed by atoms with van der Waals surface area (Å²) in [5.41, 5.74) is 2.25. The van der Waals surface area contributed by atoms with Crippen LogP contribution in [-0.4, -0.2) is 27.1 Å². The van der Waals surface area contributed by atoms with Gasteiger partial charge in [0.1, 0.15) is 12.4 Å². The molecule has 3 nitrogen and oxygen atoms in total. The number of carbonyl (C=O) groups is 1. The average molecular weight is 222 g/mol. The van der Waals surface area contributed by atoms with Gasteiger partial charge in [-0.05, 0) is 17.5 Å². The van der Waals surface area contributed by atoms with Crippen molar-refractivity contribution in [3.63, 3.8) is 0 Å². The molecule has 0 amide bonds. The first-order valence-corrected chi connectivity index (χ1v) is 5.36. The fourth-order valence-corrected chi connectivity index (χ4v) is 1.63. The van der Waals surface area contributed by atoms with Crippen LogP contribution in [0.4, 0.5) is 0 Å². The number of hydrogen-bond acceptors (Lipinski definition) is 3. The van der Waals surface area contributed by atoms with Crippen molar-refractivity contribution in [1.29, 1.82) is 0 Å². The number of aldehydes is 1. The Bertz CT molecular complexity index is 323. The highest BCUT2D eigenvalue weighted by Gasteiger charge is 2.10. The molecule has 0 N–H and O–H groups in total. The number of aryl methyl sites for hydroxylation is 1. The molecule has 0 aliphatic carbocycles. The van der Waals surface area contributed by atoms with Crippen LogP contribution in [0.2, 0.25) is 0 Å². The molecule has 88 valence electrons. The molecule has 0 aliphatic heterocycles. The Balaban J connectivity index is 2.74. The van der Waals surface area contributed by atoms with Crippen molar-refractivity contribution in [2.45, 2.75) is 18.9 Å². The molecule has 0 bridgehead atoms. The van der Waals surface area contributed by atoms with Gasteiger partial charge in [-0.3, -0.25) is 0 Å². The average Bonchev–Trinajstić information content (AvgIpc) is 2.33. The Kier molecular flexibility index (Phi) is 5.75. The van der Waals surface area contributed by atoms with Crippen molar-refractivity contribution in [3.8, 4) is 0 Å². The quantitative estimate of drug-likeness (QED) is 0.663. The van der Waals surface area contributed by atoms with E-state index in [4.69, 9.17) is 9.47 Å². The Morgan fingerprint density at radius 1 is 1.38 bits per heavy atom. The highest BCUT2D eigenvalue weighted by Crippen LogP contribution is 2.18. The molecular formula is C13H18O3. The zero-order chi connectivity index (χ0) is 11.8. The summed E-state index contributed by atoms with van der Waals surface area (Å²) in [6, 6.07) is 8.08. The van der Waals surface area contributed by atoms with Gasteiger partial charge in [0.25, 0.3) is 0 Å². The Labute approximate surface area is 96.4 Å². The lowest BCUT2D eigenvalue weighted by molar-refractivity contribution is -0.107. The molecule has 0 saturated carbocycles. The topological polar surface area (TPSA) is 35.5 Å². The van der Waals surface area contributed by atoms with Crippen molar-refractivity contribution < 1.29 is 14.3 Å². The van der Waals surface area contributed by atoms with Crippen molar-refractivity contribution in [3.05, 3.63) is 35.4 Å². The van der Waals surface area contributed by atoms with Crippen molar-refractivity contribution in [2.75, 3.05) is 20.8 Å². The van der Waals surface area contributed by atoms with Crippen LogP contribution in [0.25, 0.3) is 0 Å². The molecule has 0 heterocycles. The highest BCUT2D eigenvalue weighted by molar-refractivity contribution is 5.50. The van der Waals surface area contributed by atoms with Crippen LogP contribution in [0.3, 0.4) is 0 Å². The van der Waals surface area contributed by atoms with Crippen LogP contribution < -0.4 is 0 Å². The predicted molar refractivity (Wildman–Crippen MR) is 62.5 cm³/mol. The lowest BCUT2D eigenvalue weighted by Gasteiger charge is -2.15. The molecule has 0 aliphatic rings. The summed E-state index contributed by atoms with van der Waals surface area (Å²) in [6.07, 6.45) is 2.24. The minimum absolute atomic E-state index is 0.0406. The monoisotopic (exact) mass is 222 g/mol. The third kappa shape index (κ3) is 3.76. The Hall–Kier alpha value is -1.19. The first-order valence-electron chi connectivity index (χ1n) is 5.36. The molecule has 1 atom stereocenters. The molecule has 1 unspecified atom stereocenters. The van der Waals surface area contributed by atoms with Gasteiger partial charge in [-0.15, -0.1) is 0 Å². The summed E-state index contributed by atoms with van der Waals surface area (Å²) in [6.45, 7) is 0.535. The number of ether oxygens (including phenoxy) is 2. The van der Waals surface area contributed by atoms with E-state index in [2.05, 4.69) is 6.07 Å². The third-order valence-corrected chi connectivity index (χ3v) is 2.48. The van der Waals surface area contributed by atoms with Gasteiger partial charge < -0.3 is 14.3 Å². The second-order valence-electron chi connectivity index (χ2n) is 3.63. The minimum Gasteiger partial charge on any atom is -0.382 e. The van der Waals surface area contributed by atoms with Gasteiger partial charge in [-0.1, -0.05) is 24.3 Å². The molecule has 0 radical (unpaired) electrons. The first-order chi connectivity index (χ1) is 7.81. The van der Waals surface area contributed by atoms with Crippen LogP contribution in [-0.2, 0) is 20.7 Å². The van der Waals surface area contributed by atoms with Gasteiger partial charge in [-0.25, -0.2) is 0 Å². The second kappa shape index (κ2) is 7.14. The molecule has 16 heavy (non-hydrogen) atoms. The van der Waals surface area contributed by atoms with Gasteiger partial charge in [0.15, 0.2) is 0 Å².